The summed E-state index contributed by atoms with van der Waals surface area (Å²) in [5.41, 5.74) is 7.05. The van der Waals surface area contributed by atoms with Gasteiger partial charge in [-0.1, -0.05) is 0 Å². The Kier molecular flexibility index (Phi) is 1.32. The number of fused-ring (bicyclic) bond motifs is 1. The molecule has 2 aromatic rings. The van der Waals surface area contributed by atoms with Crippen LogP contribution in [-0.4, -0.2) is 15.0 Å². The van der Waals surface area contributed by atoms with Crippen molar-refractivity contribution in [3.8, 4) is 0 Å². The molecule has 11 heavy (non-hydrogen) atoms. The predicted octanol–water partition coefficient (Wildman–Crippen LogP) is 1.30. The van der Waals surface area contributed by atoms with Crippen LogP contribution in [0, 0.1) is 0 Å². The van der Waals surface area contributed by atoms with E-state index in [0.29, 0.717) is 5.69 Å². The number of H-pyrrole nitrogens is 1. The SMILES string of the molecule is Nc1c[nH]c2ncnc(Br)c12. The van der Waals surface area contributed by atoms with Crippen molar-refractivity contribution in [2.45, 2.75) is 0 Å². The lowest BCUT2D eigenvalue weighted by Crippen LogP contribution is -1.85. The summed E-state index contributed by atoms with van der Waals surface area (Å²) < 4.78 is 0.723. The van der Waals surface area contributed by atoms with Crippen LogP contribution in [0.1, 0.15) is 0 Å². The molecule has 0 amide bonds. The molecule has 3 N–H and O–H groups in total. The number of aromatic nitrogens is 3. The van der Waals surface area contributed by atoms with Crippen molar-refractivity contribution in [3.63, 3.8) is 0 Å². The first-order chi connectivity index (χ1) is 5.29. The van der Waals surface area contributed by atoms with Crippen LogP contribution in [0.15, 0.2) is 17.1 Å². The van der Waals surface area contributed by atoms with Gasteiger partial charge in [0.15, 0.2) is 0 Å². The predicted molar refractivity (Wildman–Crippen MR) is 46.0 cm³/mol. The average molecular weight is 213 g/mol. The van der Waals surface area contributed by atoms with Crippen LogP contribution >= 0.6 is 15.9 Å². The van der Waals surface area contributed by atoms with Crippen molar-refractivity contribution in [1.82, 2.24) is 15.0 Å². The molecular weight excluding hydrogens is 208 g/mol. The third kappa shape index (κ3) is 0.883. The van der Waals surface area contributed by atoms with Gasteiger partial charge in [-0.15, -0.1) is 0 Å². The van der Waals surface area contributed by atoms with Gasteiger partial charge in [-0.2, -0.15) is 0 Å². The summed E-state index contributed by atoms with van der Waals surface area (Å²) in [6, 6.07) is 0. The van der Waals surface area contributed by atoms with E-state index in [1.807, 2.05) is 0 Å². The Morgan fingerprint density at radius 1 is 1.45 bits per heavy atom. The molecule has 0 fully saturated rings. The third-order valence-electron chi connectivity index (χ3n) is 1.45. The Hall–Kier alpha value is -1.10. The maximum absolute atomic E-state index is 5.64. The van der Waals surface area contributed by atoms with Crippen molar-refractivity contribution < 1.29 is 0 Å². The maximum Gasteiger partial charge on any atom is 0.144 e. The van der Waals surface area contributed by atoms with E-state index >= 15 is 0 Å². The molecule has 0 radical (unpaired) electrons. The molecule has 0 atom stereocenters. The molecule has 2 heterocycles. The second-order valence-electron chi connectivity index (χ2n) is 2.13. The van der Waals surface area contributed by atoms with E-state index < -0.39 is 0 Å². The minimum absolute atomic E-state index is 0.660. The summed E-state index contributed by atoms with van der Waals surface area (Å²) in [6.07, 6.45) is 3.17. The Bertz CT molecular complexity index is 394. The molecule has 0 bridgehead atoms. The van der Waals surface area contributed by atoms with E-state index in [1.165, 1.54) is 6.33 Å². The molecule has 2 rings (SSSR count). The smallest absolute Gasteiger partial charge is 0.144 e. The molecule has 0 aliphatic rings. The van der Waals surface area contributed by atoms with Crippen LogP contribution in [0.3, 0.4) is 0 Å². The highest BCUT2D eigenvalue weighted by molar-refractivity contribution is 9.10. The van der Waals surface area contributed by atoms with Gasteiger partial charge in [-0.05, 0) is 15.9 Å². The number of aromatic amines is 1. The van der Waals surface area contributed by atoms with E-state index in [-0.39, 0.29) is 0 Å². The second kappa shape index (κ2) is 2.20. The van der Waals surface area contributed by atoms with Gasteiger partial charge in [0, 0.05) is 6.20 Å². The van der Waals surface area contributed by atoms with Gasteiger partial charge in [0.1, 0.15) is 16.6 Å². The number of anilines is 1. The number of nitrogens with zero attached hydrogens (tertiary/aromatic N) is 2. The summed E-state index contributed by atoms with van der Waals surface area (Å²) in [4.78, 5) is 10.9. The summed E-state index contributed by atoms with van der Waals surface area (Å²) >= 11 is 3.28. The van der Waals surface area contributed by atoms with Crippen LogP contribution < -0.4 is 5.73 Å². The van der Waals surface area contributed by atoms with E-state index in [1.54, 1.807) is 6.20 Å². The maximum atomic E-state index is 5.64. The highest BCUT2D eigenvalue weighted by Gasteiger charge is 2.04. The standard InChI is InChI=1S/C6H5BrN4/c7-5-4-3(8)1-9-6(4)11-2-10-5/h1-2H,8H2,(H,9,10,11). The largest absolute Gasteiger partial charge is 0.397 e. The van der Waals surface area contributed by atoms with Crippen LogP contribution in [0.25, 0.3) is 11.0 Å². The minimum Gasteiger partial charge on any atom is -0.397 e. The lowest BCUT2D eigenvalue weighted by atomic mass is 10.4. The molecule has 56 valence electrons. The fraction of sp³-hybridized carbons (Fsp3) is 0. The van der Waals surface area contributed by atoms with Crippen molar-refractivity contribution in [3.05, 3.63) is 17.1 Å². The number of nitrogen functional groups attached to an aromatic ring is 1. The molecule has 0 aliphatic carbocycles. The van der Waals surface area contributed by atoms with E-state index in [4.69, 9.17) is 5.73 Å². The van der Waals surface area contributed by atoms with Crippen LogP contribution in [0.4, 0.5) is 5.69 Å². The van der Waals surface area contributed by atoms with Crippen LogP contribution in [0.2, 0.25) is 0 Å². The van der Waals surface area contributed by atoms with Gasteiger partial charge in [-0.25, -0.2) is 9.97 Å². The van der Waals surface area contributed by atoms with Crippen molar-refractivity contribution >= 4 is 32.7 Å². The fourth-order valence-electron chi connectivity index (χ4n) is 0.948. The quantitative estimate of drug-likeness (QED) is 0.648. The molecular formula is C6H5BrN4. The highest BCUT2D eigenvalue weighted by Crippen LogP contribution is 2.24. The molecule has 5 heteroatoms. The van der Waals surface area contributed by atoms with Crippen LogP contribution in [0.5, 0.6) is 0 Å². The molecule has 0 saturated heterocycles. The monoisotopic (exact) mass is 212 g/mol. The van der Waals surface area contributed by atoms with Gasteiger partial charge >= 0.3 is 0 Å². The number of hydrogen-bond acceptors (Lipinski definition) is 3. The molecule has 0 saturated carbocycles. The normalized spacial score (nSPS) is 10.6. The van der Waals surface area contributed by atoms with Crippen molar-refractivity contribution in [2.75, 3.05) is 5.73 Å². The molecule has 0 unspecified atom stereocenters. The summed E-state index contributed by atoms with van der Waals surface area (Å²) in [7, 11) is 0. The Labute approximate surface area is 71.0 Å². The van der Waals surface area contributed by atoms with Crippen molar-refractivity contribution in [2.24, 2.45) is 0 Å². The van der Waals surface area contributed by atoms with Gasteiger partial charge in [-0.3, -0.25) is 0 Å². The fourth-order valence-corrected chi connectivity index (χ4v) is 1.46. The Morgan fingerprint density at radius 3 is 3.00 bits per heavy atom. The zero-order valence-electron chi connectivity index (χ0n) is 5.50. The van der Waals surface area contributed by atoms with Gasteiger partial charge in [0.25, 0.3) is 0 Å². The van der Waals surface area contributed by atoms with Gasteiger partial charge in [0.2, 0.25) is 0 Å². The first kappa shape index (κ1) is 6.60. The molecule has 4 nitrogen and oxygen atoms in total. The number of halogens is 1. The summed E-state index contributed by atoms with van der Waals surface area (Å²) in [5.74, 6) is 0. The topological polar surface area (TPSA) is 67.6 Å². The summed E-state index contributed by atoms with van der Waals surface area (Å²) in [5, 5.41) is 0.840. The number of nitrogens with one attached hydrogen (secondary N) is 1. The Morgan fingerprint density at radius 2 is 2.27 bits per heavy atom. The van der Waals surface area contributed by atoms with E-state index in [0.717, 1.165) is 15.6 Å². The summed E-state index contributed by atoms with van der Waals surface area (Å²) in [6.45, 7) is 0. The highest BCUT2D eigenvalue weighted by atomic mass is 79.9. The zero-order valence-corrected chi connectivity index (χ0v) is 7.09. The Balaban J connectivity index is 2.96. The third-order valence-corrected chi connectivity index (χ3v) is 2.06. The number of hydrogen-bond donors (Lipinski definition) is 2. The molecule has 2 aromatic heterocycles. The lowest BCUT2D eigenvalue weighted by Gasteiger charge is -1.91. The van der Waals surface area contributed by atoms with E-state index in [9.17, 15) is 0 Å². The van der Waals surface area contributed by atoms with Gasteiger partial charge in [0.05, 0.1) is 11.1 Å². The minimum atomic E-state index is 0.660. The van der Waals surface area contributed by atoms with Crippen LogP contribution in [-0.2, 0) is 0 Å². The molecule has 0 aromatic carbocycles. The second-order valence-corrected chi connectivity index (χ2v) is 2.88. The zero-order chi connectivity index (χ0) is 7.84. The van der Waals surface area contributed by atoms with Crippen molar-refractivity contribution in [1.29, 1.82) is 0 Å². The molecule has 0 aliphatic heterocycles. The number of nitrogens with two attached hydrogens (primary N) is 1. The van der Waals surface area contributed by atoms with Gasteiger partial charge < -0.3 is 10.7 Å². The molecule has 0 spiro atoms. The first-order valence-corrected chi connectivity index (χ1v) is 3.81. The van der Waals surface area contributed by atoms with E-state index in [2.05, 4.69) is 30.9 Å². The first-order valence-electron chi connectivity index (χ1n) is 3.02. The number of rotatable bonds is 0. The lowest BCUT2D eigenvalue weighted by molar-refractivity contribution is 1.18. The average Bonchev–Trinajstić information content (AvgIpc) is 2.34.